The number of anilines is 2. The van der Waals surface area contributed by atoms with E-state index < -0.39 is 24.0 Å². The Morgan fingerprint density at radius 3 is 2.10 bits per heavy atom. The van der Waals surface area contributed by atoms with Crippen molar-refractivity contribution < 1.29 is 14.4 Å². The van der Waals surface area contributed by atoms with Gasteiger partial charge in [-0.25, -0.2) is 9.96 Å². The first-order valence-electron chi connectivity index (χ1n) is 9.55. The number of fused-ring (bicyclic) bond motifs is 1. The van der Waals surface area contributed by atoms with E-state index in [9.17, 15) is 9.59 Å². The lowest BCUT2D eigenvalue weighted by Crippen LogP contribution is -2.37. The molecule has 5 nitrogen and oxygen atoms in total. The quantitative estimate of drug-likeness (QED) is 0.458. The van der Waals surface area contributed by atoms with Crippen molar-refractivity contribution in [1.29, 1.82) is 0 Å². The Kier molecular flexibility index (Phi) is 5.15. The zero-order valence-corrected chi connectivity index (χ0v) is 18.2. The highest BCUT2D eigenvalue weighted by Gasteiger charge is 2.60. The Morgan fingerprint density at radius 1 is 0.742 bits per heavy atom. The van der Waals surface area contributed by atoms with Crippen molar-refractivity contribution in [3.05, 3.63) is 93.4 Å². The van der Waals surface area contributed by atoms with Crippen LogP contribution in [0.15, 0.2) is 72.8 Å². The Labute approximate surface area is 193 Å². The number of amides is 2. The van der Waals surface area contributed by atoms with Gasteiger partial charge in [-0.2, -0.15) is 0 Å². The molecule has 0 bridgehead atoms. The third kappa shape index (κ3) is 3.38. The molecule has 3 aromatic rings. The van der Waals surface area contributed by atoms with Gasteiger partial charge in [0.05, 0.1) is 17.4 Å². The second-order valence-electron chi connectivity index (χ2n) is 7.31. The van der Waals surface area contributed by atoms with Gasteiger partial charge in [-0.15, -0.1) is 0 Å². The highest BCUT2D eigenvalue weighted by molar-refractivity contribution is 6.35. The van der Waals surface area contributed by atoms with E-state index in [-0.39, 0.29) is 5.91 Å². The molecule has 0 saturated carbocycles. The van der Waals surface area contributed by atoms with Crippen molar-refractivity contribution >= 4 is 58.0 Å². The number of carbonyl (C=O) groups is 2. The molecule has 2 fully saturated rings. The van der Waals surface area contributed by atoms with E-state index in [1.807, 2.05) is 6.07 Å². The van der Waals surface area contributed by atoms with Gasteiger partial charge in [0.1, 0.15) is 5.92 Å². The van der Waals surface area contributed by atoms with E-state index in [2.05, 4.69) is 0 Å². The van der Waals surface area contributed by atoms with Crippen molar-refractivity contribution in [3.63, 3.8) is 0 Å². The second kappa shape index (κ2) is 7.84. The zero-order valence-electron chi connectivity index (χ0n) is 15.9. The Morgan fingerprint density at radius 2 is 1.42 bits per heavy atom. The summed E-state index contributed by atoms with van der Waals surface area (Å²) in [7, 11) is 0. The predicted molar refractivity (Wildman–Crippen MR) is 120 cm³/mol. The average Bonchev–Trinajstić information content (AvgIpc) is 3.25. The fourth-order valence-corrected chi connectivity index (χ4v) is 4.76. The van der Waals surface area contributed by atoms with E-state index >= 15 is 0 Å². The van der Waals surface area contributed by atoms with Gasteiger partial charge in [0.15, 0.2) is 6.10 Å². The van der Waals surface area contributed by atoms with Crippen molar-refractivity contribution in [2.24, 2.45) is 5.92 Å². The smallest absolute Gasteiger partial charge is 0.266 e. The lowest BCUT2D eigenvalue weighted by molar-refractivity contribution is -0.126. The summed E-state index contributed by atoms with van der Waals surface area (Å²) < 4.78 is 0. The maximum Gasteiger partial charge on any atom is 0.266 e. The number of halogens is 3. The highest BCUT2D eigenvalue weighted by Crippen LogP contribution is 2.49. The van der Waals surface area contributed by atoms with Gasteiger partial charge in [0.2, 0.25) is 5.91 Å². The summed E-state index contributed by atoms with van der Waals surface area (Å²) in [6.45, 7) is 0. The normalized spacial score (nSPS) is 22.9. The van der Waals surface area contributed by atoms with Crippen LogP contribution < -0.4 is 9.96 Å². The summed E-state index contributed by atoms with van der Waals surface area (Å²) >= 11 is 18.6. The van der Waals surface area contributed by atoms with Crippen molar-refractivity contribution in [1.82, 2.24) is 0 Å². The summed E-state index contributed by atoms with van der Waals surface area (Å²) in [5.41, 5.74) is 1.81. The fourth-order valence-electron chi connectivity index (χ4n) is 4.12. The molecule has 31 heavy (non-hydrogen) atoms. The molecule has 3 atom stereocenters. The van der Waals surface area contributed by atoms with Crippen LogP contribution in [0.4, 0.5) is 11.4 Å². The van der Waals surface area contributed by atoms with E-state index in [0.29, 0.717) is 32.0 Å². The molecule has 0 radical (unpaired) electrons. The molecule has 0 aliphatic carbocycles. The summed E-state index contributed by atoms with van der Waals surface area (Å²) in [4.78, 5) is 34.0. The summed E-state index contributed by atoms with van der Waals surface area (Å²) in [6, 6.07) is 20.2. The first kappa shape index (κ1) is 20.3. The number of hydrogen-bond acceptors (Lipinski definition) is 4. The van der Waals surface area contributed by atoms with Gasteiger partial charge in [0.25, 0.3) is 5.91 Å². The van der Waals surface area contributed by atoms with Crippen LogP contribution in [0.1, 0.15) is 11.6 Å². The Bertz CT molecular complexity index is 1170. The first-order valence-corrected chi connectivity index (χ1v) is 10.7. The molecular weight excluding hydrogens is 459 g/mol. The molecule has 2 heterocycles. The van der Waals surface area contributed by atoms with Crippen LogP contribution in [0.2, 0.25) is 15.1 Å². The minimum Gasteiger partial charge on any atom is -0.273 e. The molecule has 0 aromatic heterocycles. The molecule has 5 rings (SSSR count). The maximum atomic E-state index is 13.5. The summed E-state index contributed by atoms with van der Waals surface area (Å²) in [5, 5.41) is 2.99. The number of hydrogen-bond donors (Lipinski definition) is 0. The number of para-hydroxylation sites is 1. The molecule has 0 unspecified atom stereocenters. The van der Waals surface area contributed by atoms with Gasteiger partial charge < -0.3 is 0 Å². The Balaban J connectivity index is 1.62. The van der Waals surface area contributed by atoms with Crippen LogP contribution in [-0.4, -0.2) is 17.9 Å². The van der Waals surface area contributed by atoms with Crippen LogP contribution in [0.5, 0.6) is 0 Å². The van der Waals surface area contributed by atoms with E-state index in [0.717, 1.165) is 0 Å². The van der Waals surface area contributed by atoms with Crippen LogP contribution in [0, 0.1) is 5.92 Å². The van der Waals surface area contributed by atoms with Gasteiger partial charge >= 0.3 is 0 Å². The maximum absolute atomic E-state index is 13.5. The van der Waals surface area contributed by atoms with Gasteiger partial charge in [-0.3, -0.25) is 14.4 Å². The molecule has 2 saturated heterocycles. The summed E-state index contributed by atoms with van der Waals surface area (Å²) in [5.74, 6) is -1.52. The predicted octanol–water partition coefficient (Wildman–Crippen LogP) is 5.70. The molecule has 3 aromatic carbocycles. The topological polar surface area (TPSA) is 49.9 Å². The van der Waals surface area contributed by atoms with Crippen LogP contribution in [0.3, 0.4) is 0 Å². The van der Waals surface area contributed by atoms with Crippen molar-refractivity contribution in [3.8, 4) is 0 Å². The standard InChI is InChI=1S/C23H15Cl3N2O3/c24-13-6-9-16(10-7-13)28-20(17-11-8-14(25)12-18(17)26)19-21(31-28)23(30)27(22(19)29)15-4-2-1-3-5-15/h1-12,19-21H/t19-,20+,21-/m0/s1. The van der Waals surface area contributed by atoms with Gasteiger partial charge in [-0.05, 0) is 54.1 Å². The van der Waals surface area contributed by atoms with Crippen LogP contribution in [-0.2, 0) is 14.4 Å². The number of benzene rings is 3. The SMILES string of the molecule is O=C1[C@@H]2[C@H](ON(c3ccc(Cl)cc3)[C@@H]2c2ccc(Cl)cc2Cl)C(=O)N1c1ccccc1. The number of imide groups is 1. The lowest BCUT2D eigenvalue weighted by atomic mass is 9.90. The zero-order chi connectivity index (χ0) is 21.7. The number of hydroxylamine groups is 1. The van der Waals surface area contributed by atoms with Crippen molar-refractivity contribution in [2.45, 2.75) is 12.1 Å². The molecular formula is C23H15Cl3N2O3. The van der Waals surface area contributed by atoms with E-state index in [4.69, 9.17) is 39.6 Å². The second-order valence-corrected chi connectivity index (χ2v) is 8.59. The first-order chi connectivity index (χ1) is 15.0. The third-order valence-electron chi connectivity index (χ3n) is 5.49. The lowest BCUT2D eigenvalue weighted by Gasteiger charge is -2.29. The Hall–Kier alpha value is -2.57. The van der Waals surface area contributed by atoms with Crippen molar-refractivity contribution in [2.75, 3.05) is 9.96 Å². The molecule has 2 aliphatic heterocycles. The number of carbonyl (C=O) groups excluding carboxylic acids is 2. The minimum absolute atomic E-state index is 0.339. The van der Waals surface area contributed by atoms with Gasteiger partial charge in [-0.1, -0.05) is 59.1 Å². The van der Waals surface area contributed by atoms with Crippen LogP contribution >= 0.6 is 34.8 Å². The molecule has 2 amide bonds. The molecule has 8 heteroatoms. The number of nitrogens with zero attached hydrogens (tertiary/aromatic N) is 2. The van der Waals surface area contributed by atoms with E-state index in [1.54, 1.807) is 71.8 Å². The highest BCUT2D eigenvalue weighted by atomic mass is 35.5. The van der Waals surface area contributed by atoms with E-state index in [1.165, 1.54) is 4.90 Å². The van der Waals surface area contributed by atoms with Crippen LogP contribution in [0.25, 0.3) is 0 Å². The fraction of sp³-hybridized carbons (Fsp3) is 0.130. The molecule has 156 valence electrons. The largest absolute Gasteiger partial charge is 0.273 e. The summed E-state index contributed by atoms with van der Waals surface area (Å²) in [6.07, 6.45) is -0.972. The molecule has 2 aliphatic rings. The average molecular weight is 474 g/mol. The van der Waals surface area contributed by atoms with Gasteiger partial charge in [0, 0.05) is 15.1 Å². The third-order valence-corrected chi connectivity index (χ3v) is 6.31. The minimum atomic E-state index is -0.972. The number of rotatable bonds is 3. The monoisotopic (exact) mass is 472 g/mol. The molecule has 0 N–H and O–H groups in total. The molecule has 0 spiro atoms.